The van der Waals surface area contributed by atoms with E-state index in [1.807, 2.05) is 32.9 Å². The molecule has 0 spiro atoms. The minimum absolute atomic E-state index is 0.251. The standard InChI is InChI=1S/C17H32N4OS/c1-18-16(20-13-7-8-14(11-13)23-4)19-12-17(9-5-6-10-17)15(22)21(2)3/h13-14H,5-12H2,1-4H3,(H2,18,19,20). The average molecular weight is 341 g/mol. The van der Waals surface area contributed by atoms with E-state index in [9.17, 15) is 4.79 Å². The predicted octanol–water partition coefficient (Wildman–Crippen LogP) is 2.08. The van der Waals surface area contributed by atoms with E-state index in [1.54, 1.807) is 4.90 Å². The summed E-state index contributed by atoms with van der Waals surface area (Å²) in [6.45, 7) is 0.683. The number of hydrogen-bond donors (Lipinski definition) is 2. The molecule has 0 heterocycles. The fourth-order valence-corrected chi connectivity index (χ4v) is 4.72. The SMILES string of the molecule is CN=C(NCC1(C(=O)N(C)C)CCCC1)NC1CCC(SC)C1. The zero-order valence-electron chi connectivity index (χ0n) is 15.0. The first kappa shape index (κ1) is 18.4. The molecule has 0 aliphatic heterocycles. The van der Waals surface area contributed by atoms with Crippen LogP contribution >= 0.6 is 11.8 Å². The Labute approximate surface area is 145 Å². The van der Waals surface area contributed by atoms with Crippen molar-refractivity contribution in [2.24, 2.45) is 10.4 Å². The van der Waals surface area contributed by atoms with Crippen LogP contribution in [0.3, 0.4) is 0 Å². The Kier molecular flexibility index (Phi) is 6.62. The van der Waals surface area contributed by atoms with Gasteiger partial charge in [-0.3, -0.25) is 9.79 Å². The van der Waals surface area contributed by atoms with Gasteiger partial charge in [0.2, 0.25) is 5.91 Å². The molecule has 2 fully saturated rings. The first-order valence-electron chi connectivity index (χ1n) is 8.72. The van der Waals surface area contributed by atoms with Gasteiger partial charge in [0.05, 0.1) is 5.41 Å². The lowest BCUT2D eigenvalue weighted by Gasteiger charge is -2.31. The van der Waals surface area contributed by atoms with Crippen molar-refractivity contribution in [2.75, 3.05) is 33.9 Å². The van der Waals surface area contributed by atoms with Crippen molar-refractivity contribution in [3.8, 4) is 0 Å². The highest BCUT2D eigenvalue weighted by Gasteiger charge is 2.42. The Morgan fingerprint density at radius 3 is 2.52 bits per heavy atom. The van der Waals surface area contributed by atoms with Gasteiger partial charge >= 0.3 is 0 Å². The molecule has 6 heteroatoms. The maximum atomic E-state index is 12.6. The molecule has 2 rings (SSSR count). The largest absolute Gasteiger partial charge is 0.355 e. The summed E-state index contributed by atoms with van der Waals surface area (Å²) in [5, 5.41) is 7.74. The average Bonchev–Trinajstić information content (AvgIpc) is 3.20. The van der Waals surface area contributed by atoms with Crippen molar-refractivity contribution >= 4 is 23.6 Å². The van der Waals surface area contributed by atoms with Crippen LogP contribution in [0.2, 0.25) is 0 Å². The monoisotopic (exact) mass is 340 g/mol. The summed E-state index contributed by atoms with van der Waals surface area (Å²) < 4.78 is 0. The number of thioether (sulfide) groups is 1. The van der Waals surface area contributed by atoms with Gasteiger partial charge in [0, 0.05) is 39.0 Å². The zero-order valence-corrected chi connectivity index (χ0v) is 15.8. The van der Waals surface area contributed by atoms with Gasteiger partial charge in [0.15, 0.2) is 5.96 Å². The third-order valence-electron chi connectivity index (χ3n) is 5.30. The number of hydrogen-bond acceptors (Lipinski definition) is 3. The first-order chi connectivity index (χ1) is 11.0. The molecule has 1 amide bonds. The van der Waals surface area contributed by atoms with Crippen LogP contribution in [0.5, 0.6) is 0 Å². The lowest BCUT2D eigenvalue weighted by molar-refractivity contribution is -0.138. The number of nitrogens with one attached hydrogen (secondary N) is 2. The number of carbonyl (C=O) groups excluding carboxylic acids is 1. The molecule has 23 heavy (non-hydrogen) atoms. The minimum Gasteiger partial charge on any atom is -0.355 e. The number of amides is 1. The fraction of sp³-hybridized carbons (Fsp3) is 0.882. The Balaban J connectivity index is 1.90. The van der Waals surface area contributed by atoms with Crippen molar-refractivity contribution in [1.29, 1.82) is 0 Å². The maximum absolute atomic E-state index is 12.6. The molecule has 5 nitrogen and oxygen atoms in total. The highest BCUT2D eigenvalue weighted by molar-refractivity contribution is 7.99. The number of rotatable bonds is 5. The van der Waals surface area contributed by atoms with Crippen LogP contribution in [0, 0.1) is 5.41 Å². The molecule has 0 radical (unpaired) electrons. The second-order valence-electron chi connectivity index (χ2n) is 7.12. The van der Waals surface area contributed by atoms with Crippen LogP contribution in [0.4, 0.5) is 0 Å². The lowest BCUT2D eigenvalue weighted by atomic mass is 9.84. The zero-order chi connectivity index (χ0) is 16.9. The molecule has 2 aliphatic rings. The molecule has 2 atom stereocenters. The Morgan fingerprint density at radius 1 is 1.30 bits per heavy atom. The van der Waals surface area contributed by atoms with E-state index < -0.39 is 0 Å². The van der Waals surface area contributed by atoms with E-state index in [2.05, 4.69) is 21.9 Å². The summed E-state index contributed by atoms with van der Waals surface area (Å²) in [6.07, 6.45) is 10.1. The van der Waals surface area contributed by atoms with E-state index in [0.717, 1.165) is 36.9 Å². The lowest BCUT2D eigenvalue weighted by Crippen LogP contribution is -2.50. The quantitative estimate of drug-likeness (QED) is 0.594. The Hall–Kier alpha value is -0.910. The van der Waals surface area contributed by atoms with Crippen molar-refractivity contribution in [3.63, 3.8) is 0 Å². The van der Waals surface area contributed by atoms with Gasteiger partial charge in [-0.15, -0.1) is 0 Å². The molecule has 2 N–H and O–H groups in total. The predicted molar refractivity (Wildman–Crippen MR) is 99.0 cm³/mol. The van der Waals surface area contributed by atoms with E-state index in [4.69, 9.17) is 0 Å². The molecule has 2 unspecified atom stereocenters. The first-order valence-corrected chi connectivity index (χ1v) is 10.0. The third-order valence-corrected chi connectivity index (χ3v) is 6.39. The van der Waals surface area contributed by atoms with E-state index in [0.29, 0.717) is 12.6 Å². The van der Waals surface area contributed by atoms with Gasteiger partial charge in [-0.05, 0) is 38.4 Å². The second kappa shape index (κ2) is 8.27. The van der Waals surface area contributed by atoms with Gasteiger partial charge in [-0.2, -0.15) is 11.8 Å². The van der Waals surface area contributed by atoms with Crippen LogP contribution < -0.4 is 10.6 Å². The van der Waals surface area contributed by atoms with E-state index >= 15 is 0 Å². The second-order valence-corrected chi connectivity index (χ2v) is 8.26. The minimum atomic E-state index is -0.251. The van der Waals surface area contributed by atoms with E-state index in [1.165, 1.54) is 19.3 Å². The summed E-state index contributed by atoms with van der Waals surface area (Å²) in [5.41, 5.74) is -0.251. The summed E-state index contributed by atoms with van der Waals surface area (Å²) >= 11 is 1.96. The molecule has 132 valence electrons. The Bertz CT molecular complexity index is 432. The smallest absolute Gasteiger partial charge is 0.230 e. The molecule has 0 aromatic carbocycles. The fourth-order valence-electron chi connectivity index (χ4n) is 3.92. The van der Waals surface area contributed by atoms with Crippen LogP contribution in [-0.2, 0) is 4.79 Å². The number of nitrogens with zero attached hydrogens (tertiary/aromatic N) is 2. The van der Waals surface area contributed by atoms with Gasteiger partial charge in [0.1, 0.15) is 0 Å². The van der Waals surface area contributed by atoms with Crippen LogP contribution in [-0.4, -0.2) is 62.0 Å². The maximum Gasteiger partial charge on any atom is 0.230 e. The normalized spacial score (nSPS) is 27.0. The van der Waals surface area contributed by atoms with Gasteiger partial charge < -0.3 is 15.5 Å². The van der Waals surface area contributed by atoms with Crippen LogP contribution in [0.25, 0.3) is 0 Å². The van der Waals surface area contributed by atoms with Gasteiger partial charge in [-0.1, -0.05) is 12.8 Å². The summed E-state index contributed by atoms with van der Waals surface area (Å²) in [6, 6.07) is 0.503. The van der Waals surface area contributed by atoms with E-state index in [-0.39, 0.29) is 11.3 Å². The molecule has 2 aliphatic carbocycles. The topological polar surface area (TPSA) is 56.7 Å². The molecule has 0 bridgehead atoms. The molecule has 2 saturated carbocycles. The van der Waals surface area contributed by atoms with Gasteiger partial charge in [-0.25, -0.2) is 0 Å². The third kappa shape index (κ3) is 4.55. The summed E-state index contributed by atoms with van der Waals surface area (Å²) in [5.74, 6) is 1.09. The highest BCUT2D eigenvalue weighted by atomic mass is 32.2. The molecule has 0 saturated heterocycles. The molecular weight excluding hydrogens is 308 g/mol. The Morgan fingerprint density at radius 2 is 2.00 bits per heavy atom. The van der Waals surface area contributed by atoms with Crippen molar-refractivity contribution in [1.82, 2.24) is 15.5 Å². The number of guanidine groups is 1. The summed E-state index contributed by atoms with van der Waals surface area (Å²) in [7, 11) is 5.53. The van der Waals surface area contributed by atoms with Crippen LogP contribution in [0.1, 0.15) is 44.9 Å². The highest BCUT2D eigenvalue weighted by Crippen LogP contribution is 2.39. The van der Waals surface area contributed by atoms with Gasteiger partial charge in [0.25, 0.3) is 0 Å². The number of carbonyl (C=O) groups is 1. The number of aliphatic imine (C=N–C) groups is 1. The van der Waals surface area contributed by atoms with Crippen molar-refractivity contribution < 1.29 is 4.79 Å². The molecule has 0 aromatic heterocycles. The molecular formula is C17H32N4OS. The van der Waals surface area contributed by atoms with Crippen LogP contribution in [0.15, 0.2) is 4.99 Å². The molecule has 0 aromatic rings. The summed E-state index contributed by atoms with van der Waals surface area (Å²) in [4.78, 5) is 18.7. The van der Waals surface area contributed by atoms with Crippen molar-refractivity contribution in [3.05, 3.63) is 0 Å². The van der Waals surface area contributed by atoms with Crippen molar-refractivity contribution in [2.45, 2.75) is 56.2 Å².